The fraction of sp³-hybridized carbons (Fsp3) is 0.938. The van der Waals surface area contributed by atoms with Gasteiger partial charge in [-0.05, 0) is 61.7 Å². The minimum Gasteiger partial charge on any atom is -0.743 e. The van der Waals surface area contributed by atoms with Gasteiger partial charge in [0.05, 0.1) is 6.61 Å². The number of rotatable bonds is 8. The van der Waals surface area contributed by atoms with Gasteiger partial charge in [0.25, 0.3) is 0 Å². The zero-order chi connectivity index (χ0) is 19.2. The van der Waals surface area contributed by atoms with Crippen molar-refractivity contribution >= 4 is 16.1 Å². The molecule has 0 radical (unpaired) electrons. The summed E-state index contributed by atoms with van der Waals surface area (Å²) in [5.41, 5.74) is 0.0569. The summed E-state index contributed by atoms with van der Waals surface area (Å²) in [7, 11) is -6.17. The molecule has 26 heavy (non-hydrogen) atoms. The van der Waals surface area contributed by atoms with E-state index >= 15 is 0 Å². The molecule has 4 aliphatic carbocycles. The molecule has 0 spiro atoms. The lowest BCUT2D eigenvalue weighted by Crippen LogP contribution is -2.48. The van der Waals surface area contributed by atoms with Crippen LogP contribution in [0.4, 0.5) is 13.2 Å². The molecule has 10 heteroatoms. The Morgan fingerprint density at radius 2 is 1.65 bits per heavy atom. The first-order valence-electron chi connectivity index (χ1n) is 8.71. The molecule has 0 saturated heterocycles. The first-order valence-corrected chi connectivity index (χ1v) is 10.1. The predicted molar refractivity (Wildman–Crippen MR) is 81.9 cm³/mol. The minimum absolute atomic E-state index is 0.0569. The van der Waals surface area contributed by atoms with Crippen LogP contribution in [0.1, 0.15) is 38.5 Å². The lowest BCUT2D eigenvalue weighted by atomic mass is 9.50. The van der Waals surface area contributed by atoms with Crippen molar-refractivity contribution in [3.05, 3.63) is 0 Å². The predicted octanol–water partition coefficient (Wildman–Crippen LogP) is 2.24. The molecule has 0 N–H and O–H groups in total. The molecule has 4 rings (SSSR count). The van der Waals surface area contributed by atoms with Crippen molar-refractivity contribution in [1.29, 1.82) is 0 Å². The van der Waals surface area contributed by atoms with Gasteiger partial charge in [-0.2, -0.15) is 8.78 Å². The zero-order valence-corrected chi connectivity index (χ0v) is 15.0. The van der Waals surface area contributed by atoms with Gasteiger partial charge < -0.3 is 14.0 Å². The summed E-state index contributed by atoms with van der Waals surface area (Å²) < 4.78 is 79.7. The molecule has 6 nitrogen and oxygen atoms in total. The Labute approximate surface area is 150 Å². The second kappa shape index (κ2) is 6.94. The van der Waals surface area contributed by atoms with Crippen LogP contribution >= 0.6 is 0 Å². The number of hydrogen-bond acceptors (Lipinski definition) is 6. The van der Waals surface area contributed by atoms with Crippen molar-refractivity contribution in [3.63, 3.8) is 0 Å². The fourth-order valence-corrected chi connectivity index (χ4v) is 5.66. The SMILES string of the molecule is O=C(COCC12CC3CC(CC(C3)C1)C2)OCC(F)C(F)(F)S(=O)(=O)[O-]. The summed E-state index contributed by atoms with van der Waals surface area (Å²) >= 11 is 0. The van der Waals surface area contributed by atoms with Crippen LogP contribution in [0, 0.1) is 23.2 Å². The molecule has 4 aliphatic rings. The highest BCUT2D eigenvalue weighted by Crippen LogP contribution is 2.60. The smallest absolute Gasteiger partial charge is 0.368 e. The average Bonchev–Trinajstić information content (AvgIpc) is 2.49. The van der Waals surface area contributed by atoms with Crippen molar-refractivity contribution in [2.45, 2.75) is 50.0 Å². The highest BCUT2D eigenvalue weighted by molar-refractivity contribution is 7.86. The standard InChI is InChI=1S/C16H23F3O6S/c17-13(16(18,19)26(21,22)23)7-25-14(20)8-24-9-15-4-10-1-11(5-15)3-12(2-10)6-15/h10-13H,1-9H2,(H,21,22,23)/p-1. The Morgan fingerprint density at radius 1 is 1.15 bits per heavy atom. The molecular weight excluding hydrogens is 377 g/mol. The van der Waals surface area contributed by atoms with E-state index in [0.717, 1.165) is 19.3 Å². The largest absolute Gasteiger partial charge is 0.743 e. The monoisotopic (exact) mass is 399 g/mol. The Bertz CT molecular complexity index is 615. The van der Waals surface area contributed by atoms with E-state index < -0.39 is 40.7 Å². The van der Waals surface area contributed by atoms with Crippen LogP contribution in [0.15, 0.2) is 0 Å². The summed E-state index contributed by atoms with van der Waals surface area (Å²) in [6, 6.07) is 0. The van der Waals surface area contributed by atoms with E-state index in [1.54, 1.807) is 0 Å². The lowest BCUT2D eigenvalue weighted by molar-refractivity contribution is -0.158. The third-order valence-corrected chi connectivity index (χ3v) is 6.80. The number of esters is 1. The first-order chi connectivity index (χ1) is 12.0. The van der Waals surface area contributed by atoms with Crippen LogP contribution in [0.5, 0.6) is 0 Å². The molecule has 4 saturated carbocycles. The molecule has 0 aromatic heterocycles. The molecule has 0 heterocycles. The van der Waals surface area contributed by atoms with Gasteiger partial charge in [-0.15, -0.1) is 0 Å². The summed E-state index contributed by atoms with van der Waals surface area (Å²) in [4.78, 5) is 11.5. The minimum atomic E-state index is -6.17. The van der Waals surface area contributed by atoms with E-state index in [1.807, 2.05) is 0 Å². The van der Waals surface area contributed by atoms with E-state index in [4.69, 9.17) is 4.74 Å². The van der Waals surface area contributed by atoms with Crippen molar-refractivity contribution in [2.75, 3.05) is 19.8 Å². The van der Waals surface area contributed by atoms with Crippen molar-refractivity contribution < 1.29 is 40.4 Å². The Hall–Kier alpha value is -0.870. The van der Waals surface area contributed by atoms with E-state index in [1.165, 1.54) is 19.3 Å². The lowest BCUT2D eigenvalue weighted by Gasteiger charge is -2.56. The van der Waals surface area contributed by atoms with Gasteiger partial charge in [-0.1, -0.05) is 0 Å². The van der Waals surface area contributed by atoms with Gasteiger partial charge in [-0.3, -0.25) is 0 Å². The summed E-state index contributed by atoms with van der Waals surface area (Å²) in [5, 5.41) is -5.15. The van der Waals surface area contributed by atoms with E-state index in [9.17, 15) is 30.9 Å². The van der Waals surface area contributed by atoms with E-state index in [2.05, 4.69) is 4.74 Å². The second-order valence-electron chi connectivity index (χ2n) is 8.08. The molecule has 150 valence electrons. The topological polar surface area (TPSA) is 92.7 Å². The second-order valence-corrected chi connectivity index (χ2v) is 9.53. The van der Waals surface area contributed by atoms with Gasteiger partial charge in [0.15, 0.2) is 10.1 Å². The molecular formula is C16H22F3O6S-. The number of ether oxygens (including phenoxy) is 2. The van der Waals surface area contributed by atoms with Crippen LogP contribution in [-0.4, -0.2) is 50.2 Å². The molecule has 0 amide bonds. The summed E-state index contributed by atoms with van der Waals surface area (Å²) in [6.45, 7) is -1.67. The molecule has 1 unspecified atom stereocenters. The molecule has 0 aromatic rings. The van der Waals surface area contributed by atoms with Crippen LogP contribution < -0.4 is 0 Å². The van der Waals surface area contributed by atoms with E-state index in [0.29, 0.717) is 24.4 Å². The van der Waals surface area contributed by atoms with Crippen LogP contribution in [-0.2, 0) is 24.4 Å². The zero-order valence-electron chi connectivity index (χ0n) is 14.2. The molecule has 0 aromatic carbocycles. The molecule has 4 bridgehead atoms. The van der Waals surface area contributed by atoms with Crippen LogP contribution in [0.25, 0.3) is 0 Å². The number of halogens is 3. The number of hydrogen-bond donors (Lipinski definition) is 0. The molecule has 0 aliphatic heterocycles. The van der Waals surface area contributed by atoms with Crippen molar-refractivity contribution in [3.8, 4) is 0 Å². The maximum atomic E-state index is 13.2. The maximum Gasteiger partial charge on any atom is 0.368 e. The fourth-order valence-electron chi connectivity index (χ4n) is 5.28. The Balaban J connectivity index is 1.41. The summed E-state index contributed by atoms with van der Waals surface area (Å²) in [6.07, 6.45) is 3.55. The van der Waals surface area contributed by atoms with Gasteiger partial charge in [0, 0.05) is 0 Å². The Kier molecular flexibility index (Phi) is 5.31. The number of carbonyl (C=O) groups is 1. The number of carbonyl (C=O) groups excluding carboxylic acids is 1. The van der Waals surface area contributed by atoms with Gasteiger partial charge >= 0.3 is 11.2 Å². The molecule has 4 fully saturated rings. The highest BCUT2D eigenvalue weighted by atomic mass is 32.2. The average molecular weight is 399 g/mol. The third-order valence-electron chi connectivity index (χ3n) is 5.88. The van der Waals surface area contributed by atoms with Crippen molar-refractivity contribution in [2.24, 2.45) is 23.2 Å². The third kappa shape index (κ3) is 4.01. The normalized spacial score (nSPS) is 34.7. The van der Waals surface area contributed by atoms with Gasteiger partial charge in [0.1, 0.15) is 13.2 Å². The molecule has 1 atom stereocenters. The highest BCUT2D eigenvalue weighted by Gasteiger charge is 2.51. The van der Waals surface area contributed by atoms with Gasteiger partial charge in [-0.25, -0.2) is 17.6 Å². The van der Waals surface area contributed by atoms with Gasteiger partial charge in [0.2, 0.25) is 6.17 Å². The first kappa shape index (κ1) is 19.9. The van der Waals surface area contributed by atoms with E-state index in [-0.39, 0.29) is 5.41 Å². The summed E-state index contributed by atoms with van der Waals surface area (Å²) in [5.74, 6) is 1.05. The number of alkyl halides is 3. The van der Waals surface area contributed by atoms with Crippen LogP contribution in [0.3, 0.4) is 0 Å². The van der Waals surface area contributed by atoms with Crippen LogP contribution in [0.2, 0.25) is 0 Å². The quantitative estimate of drug-likeness (QED) is 0.459. The Morgan fingerprint density at radius 3 is 2.12 bits per heavy atom. The van der Waals surface area contributed by atoms with Crippen molar-refractivity contribution in [1.82, 2.24) is 0 Å². The maximum absolute atomic E-state index is 13.2.